The quantitative estimate of drug-likeness (QED) is 0.527. The van der Waals surface area contributed by atoms with Gasteiger partial charge in [0.2, 0.25) is 5.91 Å². The van der Waals surface area contributed by atoms with Gasteiger partial charge in [0.25, 0.3) is 5.91 Å². The van der Waals surface area contributed by atoms with E-state index in [1.165, 1.54) is 25.4 Å². The van der Waals surface area contributed by atoms with Gasteiger partial charge in [-0.15, -0.1) is 0 Å². The summed E-state index contributed by atoms with van der Waals surface area (Å²) in [5.74, 6) is -0.785. The fraction of sp³-hybridized carbons (Fsp3) is 0.208. The molecule has 2 aromatic carbocycles. The van der Waals surface area contributed by atoms with Gasteiger partial charge in [0.15, 0.2) is 5.82 Å². The third kappa shape index (κ3) is 5.66. The van der Waals surface area contributed by atoms with Gasteiger partial charge in [-0.2, -0.15) is 0 Å². The second-order valence-corrected chi connectivity index (χ2v) is 7.36. The number of halogens is 1. The average molecular weight is 420 g/mol. The summed E-state index contributed by atoms with van der Waals surface area (Å²) in [5.41, 5.74) is 3.46. The molecule has 6 nitrogen and oxygen atoms in total. The molecule has 0 spiro atoms. The maximum atomic E-state index is 13.1. The van der Waals surface area contributed by atoms with Crippen molar-refractivity contribution in [2.75, 3.05) is 17.7 Å². The summed E-state index contributed by atoms with van der Waals surface area (Å²) in [6, 6.07) is 15.4. The highest BCUT2D eigenvalue weighted by Gasteiger charge is 2.18. The lowest BCUT2D eigenvalue weighted by molar-refractivity contribution is -0.119. The Balaban J connectivity index is 1.84. The zero-order valence-electron chi connectivity index (χ0n) is 17.7. The van der Waals surface area contributed by atoms with E-state index < -0.39 is 0 Å². The first-order chi connectivity index (χ1) is 14.9. The number of amides is 2. The van der Waals surface area contributed by atoms with E-state index >= 15 is 0 Å². The molecule has 0 aliphatic heterocycles. The van der Waals surface area contributed by atoms with Crippen molar-refractivity contribution in [3.8, 4) is 0 Å². The van der Waals surface area contributed by atoms with Crippen molar-refractivity contribution in [3.05, 3.63) is 83.3 Å². The Kier molecular flexibility index (Phi) is 6.97. The number of nitrogens with one attached hydrogen (secondary N) is 3. The smallest absolute Gasteiger partial charge is 0.252 e. The van der Waals surface area contributed by atoms with Crippen LogP contribution in [0.3, 0.4) is 0 Å². The van der Waals surface area contributed by atoms with Crippen LogP contribution in [0.15, 0.2) is 60.8 Å². The van der Waals surface area contributed by atoms with Crippen LogP contribution in [0.2, 0.25) is 0 Å². The van der Waals surface area contributed by atoms with E-state index in [1.807, 2.05) is 31.2 Å². The summed E-state index contributed by atoms with van der Waals surface area (Å²) < 4.78 is 13.1. The van der Waals surface area contributed by atoms with Crippen molar-refractivity contribution < 1.29 is 14.0 Å². The van der Waals surface area contributed by atoms with Crippen molar-refractivity contribution in [2.45, 2.75) is 20.3 Å². The van der Waals surface area contributed by atoms with E-state index in [0.717, 1.165) is 16.8 Å². The lowest BCUT2D eigenvalue weighted by Crippen LogP contribution is -2.24. The highest BCUT2D eigenvalue weighted by atomic mass is 19.1. The lowest BCUT2D eigenvalue weighted by Gasteiger charge is -2.17. The van der Waals surface area contributed by atoms with E-state index in [-0.39, 0.29) is 23.5 Å². The molecule has 1 heterocycles. The Labute approximate surface area is 180 Å². The van der Waals surface area contributed by atoms with Crippen LogP contribution in [0.5, 0.6) is 0 Å². The minimum Gasteiger partial charge on any atom is -0.355 e. The number of pyridine rings is 1. The Morgan fingerprint density at radius 1 is 1.06 bits per heavy atom. The molecule has 3 N–H and O–H groups in total. The number of hydrogen-bond donors (Lipinski definition) is 3. The van der Waals surface area contributed by atoms with Gasteiger partial charge in [-0.25, -0.2) is 9.37 Å². The highest BCUT2D eigenvalue weighted by molar-refractivity contribution is 5.99. The molecule has 0 aliphatic carbocycles. The first kappa shape index (κ1) is 22.0. The third-order valence-electron chi connectivity index (χ3n) is 4.94. The molecule has 0 aliphatic rings. The molecule has 0 saturated heterocycles. The standard InChI is InChI=1S/C24H25FN4O2/c1-15-6-4-5-7-20(15)28-22-21(13-18(14-27-22)24(31)26-3)29-23(30)16(2)12-17-8-10-19(25)11-9-17/h4-11,13-14,16H,12H2,1-3H3,(H,26,31)(H,27,28)(H,29,30). The van der Waals surface area contributed by atoms with Gasteiger partial charge in [0.1, 0.15) is 5.82 Å². The van der Waals surface area contributed by atoms with Crippen molar-refractivity contribution in [2.24, 2.45) is 5.92 Å². The normalized spacial score (nSPS) is 11.5. The third-order valence-corrected chi connectivity index (χ3v) is 4.94. The van der Waals surface area contributed by atoms with E-state index in [4.69, 9.17) is 0 Å². The Bertz CT molecular complexity index is 1080. The van der Waals surface area contributed by atoms with Crippen LogP contribution >= 0.6 is 0 Å². The molecule has 3 rings (SSSR count). The Morgan fingerprint density at radius 3 is 2.45 bits per heavy atom. The molecule has 1 atom stereocenters. The number of aryl methyl sites for hydroxylation is 1. The van der Waals surface area contributed by atoms with Gasteiger partial charge >= 0.3 is 0 Å². The molecule has 1 unspecified atom stereocenters. The monoisotopic (exact) mass is 420 g/mol. The van der Waals surface area contributed by atoms with Crippen LogP contribution in [0.25, 0.3) is 0 Å². The van der Waals surface area contributed by atoms with Crippen LogP contribution in [0.1, 0.15) is 28.4 Å². The van der Waals surface area contributed by atoms with Crippen LogP contribution in [0, 0.1) is 18.7 Å². The van der Waals surface area contributed by atoms with E-state index in [2.05, 4.69) is 20.9 Å². The number of rotatable bonds is 7. The molecule has 1 aromatic heterocycles. The first-order valence-corrected chi connectivity index (χ1v) is 9.97. The number of para-hydroxylation sites is 1. The maximum Gasteiger partial charge on any atom is 0.252 e. The summed E-state index contributed by atoms with van der Waals surface area (Å²) in [4.78, 5) is 29.3. The zero-order valence-corrected chi connectivity index (χ0v) is 17.7. The predicted molar refractivity (Wildman–Crippen MR) is 120 cm³/mol. The second kappa shape index (κ2) is 9.84. The molecule has 0 radical (unpaired) electrons. The largest absolute Gasteiger partial charge is 0.355 e. The van der Waals surface area contributed by atoms with E-state index in [1.54, 1.807) is 25.1 Å². The molecule has 7 heteroatoms. The van der Waals surface area contributed by atoms with Gasteiger partial charge in [-0.3, -0.25) is 9.59 Å². The number of benzene rings is 2. The molecule has 0 saturated carbocycles. The van der Waals surface area contributed by atoms with Crippen LogP contribution in [-0.2, 0) is 11.2 Å². The number of hydrogen-bond acceptors (Lipinski definition) is 4. The summed E-state index contributed by atoms with van der Waals surface area (Å²) >= 11 is 0. The SMILES string of the molecule is CNC(=O)c1cnc(Nc2ccccc2C)c(NC(=O)C(C)Cc2ccc(F)cc2)c1. The molecule has 0 fully saturated rings. The van der Waals surface area contributed by atoms with Gasteiger partial charge < -0.3 is 16.0 Å². The first-order valence-electron chi connectivity index (χ1n) is 9.97. The molecule has 31 heavy (non-hydrogen) atoms. The number of carbonyl (C=O) groups excluding carboxylic acids is 2. The van der Waals surface area contributed by atoms with Gasteiger partial charge in [0.05, 0.1) is 11.3 Å². The lowest BCUT2D eigenvalue weighted by atomic mass is 10.0. The van der Waals surface area contributed by atoms with Crippen LogP contribution in [0.4, 0.5) is 21.6 Å². The zero-order chi connectivity index (χ0) is 22.4. The van der Waals surface area contributed by atoms with Crippen molar-refractivity contribution in [1.29, 1.82) is 0 Å². The highest BCUT2D eigenvalue weighted by Crippen LogP contribution is 2.27. The fourth-order valence-corrected chi connectivity index (χ4v) is 3.09. The predicted octanol–water partition coefficient (Wildman–Crippen LogP) is 4.45. The van der Waals surface area contributed by atoms with Gasteiger partial charge in [-0.05, 0) is 48.7 Å². The van der Waals surface area contributed by atoms with Gasteiger partial charge in [-0.1, -0.05) is 37.3 Å². The van der Waals surface area contributed by atoms with Gasteiger partial charge in [0, 0.05) is 24.8 Å². The maximum absolute atomic E-state index is 13.1. The summed E-state index contributed by atoms with van der Waals surface area (Å²) in [7, 11) is 1.53. The Morgan fingerprint density at radius 2 is 1.77 bits per heavy atom. The van der Waals surface area contributed by atoms with Crippen molar-refractivity contribution in [1.82, 2.24) is 10.3 Å². The fourth-order valence-electron chi connectivity index (χ4n) is 3.09. The number of carbonyl (C=O) groups is 2. The van der Waals surface area contributed by atoms with E-state index in [9.17, 15) is 14.0 Å². The van der Waals surface area contributed by atoms with Crippen LogP contribution in [-0.4, -0.2) is 23.8 Å². The molecule has 2 amide bonds. The summed E-state index contributed by atoms with van der Waals surface area (Å²) in [5, 5.41) is 8.67. The number of nitrogens with zero attached hydrogens (tertiary/aromatic N) is 1. The molecule has 160 valence electrons. The van der Waals surface area contributed by atoms with Crippen molar-refractivity contribution in [3.63, 3.8) is 0 Å². The molecular weight excluding hydrogens is 395 g/mol. The van der Waals surface area contributed by atoms with E-state index in [0.29, 0.717) is 23.5 Å². The minimum atomic E-state index is -0.375. The molecular formula is C24H25FN4O2. The minimum absolute atomic E-state index is 0.229. The average Bonchev–Trinajstić information content (AvgIpc) is 2.77. The topological polar surface area (TPSA) is 83.1 Å². The Hall–Kier alpha value is -3.74. The van der Waals surface area contributed by atoms with Crippen molar-refractivity contribution >= 4 is 29.0 Å². The van der Waals surface area contributed by atoms with Crippen LogP contribution < -0.4 is 16.0 Å². The number of anilines is 3. The summed E-state index contributed by atoms with van der Waals surface area (Å²) in [6.45, 7) is 3.76. The number of aromatic nitrogens is 1. The summed E-state index contributed by atoms with van der Waals surface area (Å²) in [6.07, 6.45) is 1.91. The second-order valence-electron chi connectivity index (χ2n) is 7.36. The molecule has 0 bridgehead atoms. The molecule has 3 aromatic rings.